The van der Waals surface area contributed by atoms with Crippen molar-refractivity contribution in [3.05, 3.63) is 66.2 Å². The van der Waals surface area contributed by atoms with Gasteiger partial charge in [0.2, 0.25) is 0 Å². The molecule has 29 heavy (non-hydrogen) atoms. The van der Waals surface area contributed by atoms with Crippen LogP contribution in [0.1, 0.15) is 49.8 Å². The molecule has 4 rings (SSSR count). The normalized spacial score (nSPS) is 16.0. The molecule has 1 aliphatic rings. The van der Waals surface area contributed by atoms with Crippen LogP contribution in [0.15, 0.2) is 55.1 Å². The summed E-state index contributed by atoms with van der Waals surface area (Å²) < 4.78 is 3.79. The molecule has 3 heterocycles. The molecule has 2 aromatic heterocycles. The van der Waals surface area contributed by atoms with Gasteiger partial charge in [0.25, 0.3) is 0 Å². The Morgan fingerprint density at radius 2 is 1.97 bits per heavy atom. The fraction of sp³-hybridized carbons (Fsp3) is 0.409. The van der Waals surface area contributed by atoms with Crippen LogP contribution in [0.5, 0.6) is 0 Å². The van der Waals surface area contributed by atoms with Gasteiger partial charge in [-0.25, -0.2) is 9.48 Å². The summed E-state index contributed by atoms with van der Waals surface area (Å²) in [6.07, 6.45) is 9.74. The predicted octanol–water partition coefficient (Wildman–Crippen LogP) is 3.74. The second-order valence-corrected chi connectivity index (χ2v) is 7.60. The van der Waals surface area contributed by atoms with Crippen molar-refractivity contribution >= 4 is 6.03 Å². The number of aryl methyl sites for hydroxylation is 1. The van der Waals surface area contributed by atoms with E-state index in [1.54, 1.807) is 6.20 Å². The molecule has 152 valence electrons. The van der Waals surface area contributed by atoms with Gasteiger partial charge in [-0.3, -0.25) is 4.68 Å². The number of aromatic nitrogens is 4. The van der Waals surface area contributed by atoms with E-state index in [1.807, 2.05) is 63.9 Å². The number of benzene rings is 1. The summed E-state index contributed by atoms with van der Waals surface area (Å²) in [5.74, 6) is 0.492. The molecular weight excluding hydrogens is 364 g/mol. The van der Waals surface area contributed by atoms with Crippen molar-refractivity contribution in [1.29, 1.82) is 0 Å². The molecule has 1 aromatic carbocycles. The van der Waals surface area contributed by atoms with Gasteiger partial charge < -0.3 is 10.2 Å². The highest BCUT2D eigenvalue weighted by molar-refractivity contribution is 5.74. The van der Waals surface area contributed by atoms with Gasteiger partial charge >= 0.3 is 6.03 Å². The molecule has 0 radical (unpaired) electrons. The minimum Gasteiger partial charge on any atom is -0.331 e. The van der Waals surface area contributed by atoms with Crippen LogP contribution in [0.4, 0.5) is 4.79 Å². The maximum atomic E-state index is 12.7. The highest BCUT2D eigenvalue weighted by atomic mass is 16.2. The lowest BCUT2D eigenvalue weighted by Crippen LogP contribution is -2.44. The number of carbonyl (C=O) groups excluding carboxylic acids is 1. The first-order valence-electron chi connectivity index (χ1n) is 10.3. The average molecular weight is 393 g/mol. The van der Waals surface area contributed by atoms with Gasteiger partial charge in [-0.2, -0.15) is 10.2 Å². The number of rotatable bonds is 5. The number of urea groups is 1. The Labute approximate surface area is 171 Å². The van der Waals surface area contributed by atoms with Crippen LogP contribution >= 0.6 is 0 Å². The summed E-state index contributed by atoms with van der Waals surface area (Å²) >= 11 is 0. The maximum Gasteiger partial charge on any atom is 0.317 e. The van der Waals surface area contributed by atoms with Gasteiger partial charge in [0, 0.05) is 38.2 Å². The molecule has 2 amide bonds. The second-order valence-electron chi connectivity index (χ2n) is 7.60. The quantitative estimate of drug-likeness (QED) is 0.719. The van der Waals surface area contributed by atoms with Crippen molar-refractivity contribution in [3.63, 3.8) is 0 Å². The lowest BCUT2D eigenvalue weighted by Gasteiger charge is -2.32. The molecule has 1 N–H and O–H groups in total. The molecule has 0 bridgehead atoms. The van der Waals surface area contributed by atoms with E-state index in [0.717, 1.165) is 43.7 Å². The number of hydrogen-bond donors (Lipinski definition) is 1. The summed E-state index contributed by atoms with van der Waals surface area (Å²) in [6, 6.07) is 9.99. The molecule has 1 aliphatic heterocycles. The molecular formula is C22H28N6O. The molecule has 1 unspecified atom stereocenters. The smallest absolute Gasteiger partial charge is 0.317 e. The van der Waals surface area contributed by atoms with E-state index in [2.05, 4.69) is 28.6 Å². The number of hydrogen-bond acceptors (Lipinski definition) is 3. The third-order valence-electron chi connectivity index (χ3n) is 5.73. The monoisotopic (exact) mass is 392 g/mol. The van der Waals surface area contributed by atoms with Gasteiger partial charge in [0.05, 0.1) is 17.9 Å². The molecule has 0 aliphatic carbocycles. The van der Waals surface area contributed by atoms with Gasteiger partial charge in [-0.1, -0.05) is 12.1 Å². The third-order valence-corrected chi connectivity index (χ3v) is 5.73. The van der Waals surface area contributed by atoms with E-state index >= 15 is 0 Å². The number of amides is 2. The highest BCUT2D eigenvalue weighted by Crippen LogP contribution is 2.28. The first-order valence-corrected chi connectivity index (χ1v) is 10.3. The lowest BCUT2D eigenvalue weighted by atomic mass is 9.92. The summed E-state index contributed by atoms with van der Waals surface area (Å²) in [4.78, 5) is 14.6. The zero-order valence-electron chi connectivity index (χ0n) is 17.0. The molecule has 1 atom stereocenters. The lowest BCUT2D eigenvalue weighted by molar-refractivity contribution is 0.178. The van der Waals surface area contributed by atoms with E-state index in [0.29, 0.717) is 5.92 Å². The zero-order chi connectivity index (χ0) is 20.2. The molecule has 0 spiro atoms. The maximum absolute atomic E-state index is 12.7. The van der Waals surface area contributed by atoms with Crippen molar-refractivity contribution in [3.8, 4) is 5.69 Å². The molecule has 3 aromatic rings. The van der Waals surface area contributed by atoms with Crippen LogP contribution in [0, 0.1) is 0 Å². The van der Waals surface area contributed by atoms with Crippen LogP contribution < -0.4 is 5.32 Å². The van der Waals surface area contributed by atoms with Crippen molar-refractivity contribution in [2.75, 3.05) is 13.1 Å². The third kappa shape index (κ3) is 4.34. The highest BCUT2D eigenvalue weighted by Gasteiger charge is 2.25. The van der Waals surface area contributed by atoms with E-state index < -0.39 is 0 Å². The molecule has 1 saturated heterocycles. The van der Waals surface area contributed by atoms with Crippen molar-refractivity contribution in [1.82, 2.24) is 29.8 Å². The van der Waals surface area contributed by atoms with E-state index in [4.69, 9.17) is 0 Å². The van der Waals surface area contributed by atoms with Gasteiger partial charge in [-0.15, -0.1) is 0 Å². The van der Waals surface area contributed by atoms with Gasteiger partial charge in [-0.05, 0) is 61.9 Å². The number of carbonyl (C=O) groups is 1. The van der Waals surface area contributed by atoms with E-state index in [9.17, 15) is 4.79 Å². The van der Waals surface area contributed by atoms with Crippen molar-refractivity contribution < 1.29 is 4.79 Å². The molecule has 0 saturated carbocycles. The molecule has 7 heteroatoms. The van der Waals surface area contributed by atoms with Crippen LogP contribution in [-0.4, -0.2) is 43.6 Å². The summed E-state index contributed by atoms with van der Waals surface area (Å²) in [6.45, 7) is 6.56. The van der Waals surface area contributed by atoms with E-state index in [-0.39, 0.29) is 12.1 Å². The number of piperidine rings is 1. The first-order chi connectivity index (χ1) is 14.1. The fourth-order valence-corrected chi connectivity index (χ4v) is 3.88. The fourth-order valence-electron chi connectivity index (χ4n) is 3.88. The Morgan fingerprint density at radius 3 is 2.59 bits per heavy atom. The van der Waals surface area contributed by atoms with Crippen LogP contribution in [0.2, 0.25) is 0 Å². The summed E-state index contributed by atoms with van der Waals surface area (Å²) in [5, 5.41) is 11.8. The minimum absolute atomic E-state index is 0.0105. The van der Waals surface area contributed by atoms with Crippen molar-refractivity contribution in [2.24, 2.45) is 0 Å². The van der Waals surface area contributed by atoms with Gasteiger partial charge in [0.15, 0.2) is 0 Å². The number of likely N-dealkylation sites (tertiary alicyclic amines) is 1. The molecule has 7 nitrogen and oxygen atoms in total. The SMILES string of the molecule is CCn1cc(C2CCN(C(=O)NC(C)c3ccc(-n4cccn4)cc3)CC2)cn1. The van der Waals surface area contributed by atoms with Crippen LogP contribution in [-0.2, 0) is 6.54 Å². The Bertz CT molecular complexity index is 923. The first kappa shape index (κ1) is 19.2. The Kier molecular flexibility index (Phi) is 5.64. The van der Waals surface area contributed by atoms with Crippen LogP contribution in [0.3, 0.4) is 0 Å². The minimum atomic E-state index is -0.0466. The predicted molar refractivity (Wildman–Crippen MR) is 112 cm³/mol. The van der Waals surface area contributed by atoms with Crippen LogP contribution in [0.25, 0.3) is 5.69 Å². The number of nitrogens with one attached hydrogen (secondary N) is 1. The Balaban J connectivity index is 1.30. The Hall–Kier alpha value is -3.09. The average Bonchev–Trinajstić information content (AvgIpc) is 3.46. The largest absolute Gasteiger partial charge is 0.331 e. The topological polar surface area (TPSA) is 68.0 Å². The van der Waals surface area contributed by atoms with E-state index in [1.165, 1.54) is 5.56 Å². The Morgan fingerprint density at radius 1 is 1.21 bits per heavy atom. The summed E-state index contributed by atoms with van der Waals surface area (Å²) in [7, 11) is 0. The molecule has 1 fully saturated rings. The zero-order valence-corrected chi connectivity index (χ0v) is 17.0. The second kappa shape index (κ2) is 8.51. The number of nitrogens with zero attached hydrogens (tertiary/aromatic N) is 5. The summed E-state index contributed by atoms with van der Waals surface area (Å²) in [5.41, 5.74) is 3.37. The standard InChI is InChI=1S/C22H28N6O/c1-3-27-16-20(15-24-27)19-9-13-26(14-10-19)22(29)25-17(2)18-5-7-21(8-6-18)28-12-4-11-23-28/h4-8,11-12,15-17,19H,3,9-10,13-14H2,1-2H3,(H,25,29). The van der Waals surface area contributed by atoms with Crippen molar-refractivity contribution in [2.45, 2.75) is 45.2 Å². The van der Waals surface area contributed by atoms with Gasteiger partial charge in [0.1, 0.15) is 0 Å².